The molecule has 0 bridgehead atoms. The van der Waals surface area contributed by atoms with E-state index < -0.39 is 6.10 Å². The second-order valence-corrected chi connectivity index (χ2v) is 3.92. The van der Waals surface area contributed by atoms with E-state index in [1.165, 1.54) is 0 Å². The van der Waals surface area contributed by atoms with E-state index in [2.05, 4.69) is 5.32 Å². The van der Waals surface area contributed by atoms with Crippen LogP contribution in [0.2, 0.25) is 5.02 Å². The smallest absolute Gasteiger partial charge is 0.251 e. The largest absolute Gasteiger partial charge is 0.394 e. The van der Waals surface area contributed by atoms with Crippen molar-refractivity contribution in [2.45, 2.75) is 13.0 Å². The number of hydrogen-bond donors (Lipinski definition) is 3. The number of aryl methyl sites for hydroxylation is 1. The number of hydrogen-bond acceptors (Lipinski definition) is 3. The monoisotopic (exact) mass is 243 g/mol. The van der Waals surface area contributed by atoms with Gasteiger partial charge in [-0.25, -0.2) is 0 Å². The number of aliphatic hydroxyl groups is 2. The van der Waals surface area contributed by atoms with Crippen LogP contribution in [0.5, 0.6) is 0 Å². The molecular weight excluding hydrogens is 230 g/mol. The van der Waals surface area contributed by atoms with Crippen LogP contribution in [0.25, 0.3) is 0 Å². The minimum Gasteiger partial charge on any atom is -0.394 e. The van der Waals surface area contributed by atoms with Crippen LogP contribution in [0.3, 0.4) is 0 Å². The lowest BCUT2D eigenvalue weighted by atomic mass is 10.1. The molecule has 0 aliphatic rings. The van der Waals surface area contributed by atoms with Gasteiger partial charge in [0.1, 0.15) is 0 Å². The molecular formula is C11H14ClNO3. The Hall–Kier alpha value is -1.10. The van der Waals surface area contributed by atoms with Crippen molar-refractivity contribution in [1.82, 2.24) is 5.32 Å². The fourth-order valence-electron chi connectivity index (χ4n) is 1.11. The molecule has 1 rings (SSSR count). The Labute approximate surface area is 98.9 Å². The second kappa shape index (κ2) is 5.84. The molecule has 0 aromatic heterocycles. The molecule has 0 radical (unpaired) electrons. The maximum Gasteiger partial charge on any atom is 0.251 e. The first-order chi connectivity index (χ1) is 7.54. The number of carbonyl (C=O) groups is 1. The highest BCUT2D eigenvalue weighted by Gasteiger charge is 2.09. The van der Waals surface area contributed by atoms with Crippen LogP contribution in [0.4, 0.5) is 0 Å². The third-order valence-corrected chi connectivity index (χ3v) is 2.55. The van der Waals surface area contributed by atoms with Crippen LogP contribution in [-0.2, 0) is 0 Å². The third kappa shape index (κ3) is 3.48. The Morgan fingerprint density at radius 3 is 2.81 bits per heavy atom. The minimum atomic E-state index is -0.940. The maximum atomic E-state index is 11.6. The predicted molar refractivity (Wildman–Crippen MR) is 61.6 cm³/mol. The molecule has 5 heteroatoms. The molecule has 1 atom stereocenters. The van der Waals surface area contributed by atoms with Crippen molar-refractivity contribution in [1.29, 1.82) is 0 Å². The SMILES string of the molecule is Cc1ccc(C(=O)NCC(O)CO)cc1Cl. The fraction of sp³-hybridized carbons (Fsp3) is 0.364. The summed E-state index contributed by atoms with van der Waals surface area (Å²) in [7, 11) is 0. The molecule has 1 amide bonds. The normalized spacial score (nSPS) is 12.2. The van der Waals surface area contributed by atoms with Crippen LogP contribution in [0.1, 0.15) is 15.9 Å². The number of amides is 1. The molecule has 0 saturated carbocycles. The lowest BCUT2D eigenvalue weighted by Crippen LogP contribution is -2.33. The van der Waals surface area contributed by atoms with Crippen molar-refractivity contribution in [3.8, 4) is 0 Å². The molecule has 0 aliphatic carbocycles. The molecule has 1 unspecified atom stereocenters. The van der Waals surface area contributed by atoms with Crippen LogP contribution in [0, 0.1) is 6.92 Å². The van der Waals surface area contributed by atoms with E-state index >= 15 is 0 Å². The Balaban J connectivity index is 2.63. The summed E-state index contributed by atoms with van der Waals surface area (Å²) in [6, 6.07) is 4.97. The van der Waals surface area contributed by atoms with Crippen molar-refractivity contribution in [3.05, 3.63) is 34.3 Å². The van der Waals surface area contributed by atoms with Gasteiger partial charge in [-0.05, 0) is 24.6 Å². The molecule has 1 aromatic rings. The number of halogens is 1. The van der Waals surface area contributed by atoms with E-state index in [-0.39, 0.29) is 19.1 Å². The topological polar surface area (TPSA) is 69.6 Å². The minimum absolute atomic E-state index is 0.0147. The number of benzene rings is 1. The Kier molecular flexibility index (Phi) is 4.73. The molecule has 4 nitrogen and oxygen atoms in total. The van der Waals surface area contributed by atoms with Crippen LogP contribution in [-0.4, -0.2) is 35.4 Å². The van der Waals surface area contributed by atoms with Crippen LogP contribution < -0.4 is 5.32 Å². The molecule has 16 heavy (non-hydrogen) atoms. The number of nitrogens with one attached hydrogen (secondary N) is 1. The predicted octanol–water partition coefficient (Wildman–Crippen LogP) is 0.731. The van der Waals surface area contributed by atoms with E-state index in [0.717, 1.165) is 5.56 Å². The number of rotatable bonds is 4. The lowest BCUT2D eigenvalue weighted by Gasteiger charge is -2.09. The van der Waals surface area contributed by atoms with E-state index in [4.69, 9.17) is 21.8 Å². The first kappa shape index (κ1) is 13.0. The molecule has 0 aliphatic heterocycles. The maximum absolute atomic E-state index is 11.6. The molecule has 3 N–H and O–H groups in total. The van der Waals surface area contributed by atoms with Gasteiger partial charge in [-0.1, -0.05) is 17.7 Å². The van der Waals surface area contributed by atoms with Gasteiger partial charge < -0.3 is 15.5 Å². The molecule has 0 spiro atoms. The van der Waals surface area contributed by atoms with Crippen molar-refractivity contribution < 1.29 is 15.0 Å². The fourth-order valence-corrected chi connectivity index (χ4v) is 1.29. The average Bonchev–Trinajstić information content (AvgIpc) is 2.29. The van der Waals surface area contributed by atoms with Crippen LogP contribution in [0.15, 0.2) is 18.2 Å². The quantitative estimate of drug-likeness (QED) is 0.730. The zero-order chi connectivity index (χ0) is 12.1. The van der Waals surface area contributed by atoms with Crippen molar-refractivity contribution >= 4 is 17.5 Å². The molecule has 88 valence electrons. The van der Waals surface area contributed by atoms with Crippen molar-refractivity contribution in [2.75, 3.05) is 13.2 Å². The van der Waals surface area contributed by atoms with Gasteiger partial charge in [0.15, 0.2) is 0 Å². The van der Waals surface area contributed by atoms with Crippen LogP contribution >= 0.6 is 11.6 Å². The van der Waals surface area contributed by atoms with E-state index in [0.29, 0.717) is 10.6 Å². The average molecular weight is 244 g/mol. The van der Waals surface area contributed by atoms with Gasteiger partial charge in [-0.2, -0.15) is 0 Å². The molecule has 0 saturated heterocycles. The number of carbonyl (C=O) groups excluding carboxylic acids is 1. The summed E-state index contributed by atoms with van der Waals surface area (Å²) in [6.07, 6.45) is -0.940. The molecule has 1 aromatic carbocycles. The highest BCUT2D eigenvalue weighted by molar-refractivity contribution is 6.31. The van der Waals surface area contributed by atoms with E-state index in [1.54, 1.807) is 18.2 Å². The summed E-state index contributed by atoms with van der Waals surface area (Å²) in [6.45, 7) is 1.48. The Morgan fingerprint density at radius 1 is 1.56 bits per heavy atom. The summed E-state index contributed by atoms with van der Waals surface area (Å²) < 4.78 is 0. The van der Waals surface area contributed by atoms with E-state index in [9.17, 15) is 4.79 Å². The first-order valence-electron chi connectivity index (χ1n) is 4.88. The Bertz CT molecular complexity index is 381. The van der Waals surface area contributed by atoms with Crippen molar-refractivity contribution in [3.63, 3.8) is 0 Å². The van der Waals surface area contributed by atoms with Gasteiger partial charge in [-0.15, -0.1) is 0 Å². The standard InChI is InChI=1S/C11H14ClNO3/c1-7-2-3-8(4-10(7)12)11(16)13-5-9(15)6-14/h2-4,9,14-15H,5-6H2,1H3,(H,13,16). The van der Waals surface area contributed by atoms with Gasteiger partial charge in [0, 0.05) is 17.1 Å². The number of aliphatic hydroxyl groups excluding tert-OH is 2. The van der Waals surface area contributed by atoms with Crippen molar-refractivity contribution in [2.24, 2.45) is 0 Å². The summed E-state index contributed by atoms with van der Waals surface area (Å²) in [5.74, 6) is -0.325. The summed E-state index contributed by atoms with van der Waals surface area (Å²) in [5, 5.41) is 20.7. The zero-order valence-corrected chi connectivity index (χ0v) is 9.66. The van der Waals surface area contributed by atoms with Gasteiger partial charge >= 0.3 is 0 Å². The summed E-state index contributed by atoms with van der Waals surface area (Å²) in [4.78, 5) is 11.6. The summed E-state index contributed by atoms with van der Waals surface area (Å²) >= 11 is 5.88. The first-order valence-corrected chi connectivity index (χ1v) is 5.25. The lowest BCUT2D eigenvalue weighted by molar-refractivity contribution is 0.0802. The highest BCUT2D eigenvalue weighted by Crippen LogP contribution is 2.16. The second-order valence-electron chi connectivity index (χ2n) is 3.51. The third-order valence-electron chi connectivity index (χ3n) is 2.14. The van der Waals surface area contributed by atoms with Gasteiger partial charge in [0.25, 0.3) is 5.91 Å². The zero-order valence-electron chi connectivity index (χ0n) is 8.90. The van der Waals surface area contributed by atoms with Gasteiger partial charge in [-0.3, -0.25) is 4.79 Å². The molecule has 0 heterocycles. The highest BCUT2D eigenvalue weighted by atomic mass is 35.5. The van der Waals surface area contributed by atoms with Gasteiger partial charge in [0.2, 0.25) is 0 Å². The van der Waals surface area contributed by atoms with Gasteiger partial charge in [0.05, 0.1) is 12.7 Å². The Morgan fingerprint density at radius 2 is 2.25 bits per heavy atom. The van der Waals surface area contributed by atoms with E-state index in [1.807, 2.05) is 6.92 Å². The summed E-state index contributed by atoms with van der Waals surface area (Å²) in [5.41, 5.74) is 1.33. The molecule has 0 fully saturated rings.